The van der Waals surface area contributed by atoms with Crippen LogP contribution < -0.4 is 10.1 Å². The zero-order chi connectivity index (χ0) is 21.5. The van der Waals surface area contributed by atoms with Crippen molar-refractivity contribution in [3.05, 3.63) is 54.6 Å². The highest BCUT2D eigenvalue weighted by atomic mass is 16.5. The fourth-order valence-electron chi connectivity index (χ4n) is 6.17. The first kappa shape index (κ1) is 20.1. The lowest BCUT2D eigenvalue weighted by atomic mass is 9.48. The molecule has 31 heavy (non-hydrogen) atoms. The molecular formula is C25H27NO5. The van der Waals surface area contributed by atoms with Crippen LogP contribution in [0.4, 0.5) is 5.69 Å². The molecule has 4 atom stereocenters. The first-order chi connectivity index (χ1) is 14.9. The van der Waals surface area contributed by atoms with Crippen molar-refractivity contribution in [1.29, 1.82) is 0 Å². The van der Waals surface area contributed by atoms with Gasteiger partial charge in [-0.3, -0.25) is 9.59 Å². The maximum absolute atomic E-state index is 12.9. The molecule has 6 heteroatoms. The van der Waals surface area contributed by atoms with Crippen molar-refractivity contribution >= 4 is 17.6 Å². The summed E-state index contributed by atoms with van der Waals surface area (Å²) < 4.78 is 11.2. The Morgan fingerprint density at radius 1 is 0.935 bits per heavy atom. The topological polar surface area (TPSA) is 84.9 Å². The van der Waals surface area contributed by atoms with Crippen molar-refractivity contribution in [2.24, 2.45) is 17.3 Å². The lowest BCUT2D eigenvalue weighted by Crippen LogP contribution is -2.58. The molecule has 4 bridgehead atoms. The van der Waals surface area contributed by atoms with E-state index < -0.39 is 11.0 Å². The Bertz CT molecular complexity index is 957. The number of ether oxygens (including phenoxy) is 2. The third kappa shape index (κ3) is 4.17. The van der Waals surface area contributed by atoms with Gasteiger partial charge in [-0.1, -0.05) is 18.2 Å². The number of para-hydroxylation sites is 1. The minimum absolute atomic E-state index is 0.323. The second-order valence-electron chi connectivity index (χ2n) is 9.53. The number of amides is 1. The molecule has 0 saturated heterocycles. The number of rotatable bonds is 6. The molecule has 4 aliphatic rings. The van der Waals surface area contributed by atoms with Gasteiger partial charge in [-0.15, -0.1) is 0 Å². The quantitative estimate of drug-likeness (QED) is 0.680. The van der Waals surface area contributed by atoms with Gasteiger partial charge in [0, 0.05) is 5.69 Å². The summed E-state index contributed by atoms with van der Waals surface area (Å²) in [5.74, 6) is 1.47. The van der Waals surface area contributed by atoms with Crippen LogP contribution >= 0.6 is 0 Å². The largest absolute Gasteiger partial charge is 0.457 e. The van der Waals surface area contributed by atoms with E-state index in [1.165, 1.54) is 0 Å². The molecule has 0 spiro atoms. The summed E-state index contributed by atoms with van der Waals surface area (Å²) in [6.45, 7) is -0.323. The van der Waals surface area contributed by atoms with E-state index in [2.05, 4.69) is 5.32 Å². The number of carbonyl (C=O) groups is 2. The molecule has 4 fully saturated rings. The van der Waals surface area contributed by atoms with Gasteiger partial charge in [0.05, 0.1) is 11.0 Å². The molecule has 1 amide bonds. The van der Waals surface area contributed by atoms with E-state index in [4.69, 9.17) is 9.47 Å². The average Bonchev–Trinajstić information content (AvgIpc) is 2.72. The predicted molar refractivity (Wildman–Crippen MR) is 115 cm³/mol. The van der Waals surface area contributed by atoms with Crippen LogP contribution in [0.3, 0.4) is 0 Å². The SMILES string of the molecule is O=C(COC(=O)C12C[C@@H]3C[C@@H](CC(O)(C3)C1)C2)Nc1ccc(Oc2ccccc2)cc1. The smallest absolute Gasteiger partial charge is 0.312 e. The minimum atomic E-state index is -0.727. The number of hydrogen-bond donors (Lipinski definition) is 2. The number of carbonyl (C=O) groups excluding carboxylic acids is 2. The Morgan fingerprint density at radius 3 is 2.23 bits per heavy atom. The first-order valence-electron chi connectivity index (χ1n) is 10.9. The van der Waals surface area contributed by atoms with Gasteiger partial charge in [-0.2, -0.15) is 0 Å². The number of nitrogens with one attached hydrogen (secondary N) is 1. The van der Waals surface area contributed by atoms with Crippen LogP contribution in [0.25, 0.3) is 0 Å². The van der Waals surface area contributed by atoms with Gasteiger partial charge in [0.25, 0.3) is 5.91 Å². The third-order valence-corrected chi connectivity index (χ3v) is 6.91. The summed E-state index contributed by atoms with van der Waals surface area (Å²) >= 11 is 0. The van der Waals surface area contributed by atoms with Crippen LogP contribution in [0.1, 0.15) is 38.5 Å². The van der Waals surface area contributed by atoms with E-state index in [1.54, 1.807) is 24.3 Å². The molecule has 0 heterocycles. The van der Waals surface area contributed by atoms with Crippen molar-refractivity contribution in [1.82, 2.24) is 0 Å². The maximum Gasteiger partial charge on any atom is 0.312 e. The highest BCUT2D eigenvalue weighted by Crippen LogP contribution is 2.61. The van der Waals surface area contributed by atoms with E-state index in [0.717, 1.165) is 37.9 Å². The lowest BCUT2D eigenvalue weighted by molar-refractivity contribution is -0.196. The van der Waals surface area contributed by atoms with Crippen LogP contribution in [0.2, 0.25) is 0 Å². The Hall–Kier alpha value is -2.86. The Kier molecular flexibility index (Phi) is 4.97. The molecule has 4 saturated carbocycles. The van der Waals surface area contributed by atoms with E-state index in [9.17, 15) is 14.7 Å². The molecule has 0 aliphatic heterocycles. The molecular weight excluding hydrogens is 394 g/mol. The van der Waals surface area contributed by atoms with Crippen LogP contribution in [0.15, 0.2) is 54.6 Å². The molecule has 0 aromatic heterocycles. The summed E-state index contributed by atoms with van der Waals surface area (Å²) in [5, 5.41) is 13.6. The summed E-state index contributed by atoms with van der Waals surface area (Å²) in [7, 11) is 0. The minimum Gasteiger partial charge on any atom is -0.457 e. The van der Waals surface area contributed by atoms with E-state index >= 15 is 0 Å². The average molecular weight is 421 g/mol. The zero-order valence-electron chi connectivity index (χ0n) is 17.4. The third-order valence-electron chi connectivity index (χ3n) is 6.91. The molecule has 6 nitrogen and oxygen atoms in total. The number of aliphatic hydroxyl groups is 1. The highest BCUT2D eigenvalue weighted by molar-refractivity contribution is 5.93. The number of benzene rings is 2. The van der Waals surface area contributed by atoms with Gasteiger partial charge < -0.3 is 19.9 Å². The van der Waals surface area contributed by atoms with Crippen molar-refractivity contribution in [3.8, 4) is 11.5 Å². The van der Waals surface area contributed by atoms with Gasteiger partial charge >= 0.3 is 5.97 Å². The van der Waals surface area contributed by atoms with Gasteiger partial charge in [-0.25, -0.2) is 0 Å². The predicted octanol–water partition coefficient (Wildman–Crippen LogP) is 4.29. The summed E-state index contributed by atoms with van der Waals surface area (Å²) in [5.41, 5.74) is -0.740. The summed E-state index contributed by atoms with van der Waals surface area (Å²) in [4.78, 5) is 25.2. The van der Waals surface area contributed by atoms with Gasteiger partial charge in [0.1, 0.15) is 11.5 Å². The molecule has 162 valence electrons. The monoisotopic (exact) mass is 421 g/mol. The second kappa shape index (κ2) is 7.68. The Balaban J connectivity index is 1.14. The standard InChI is InChI=1S/C25H27NO5/c27-22(26-19-6-8-21(9-7-19)31-20-4-2-1-3-5-20)15-30-23(28)24-11-17-10-18(12-24)14-25(29,13-17)16-24/h1-9,17-18,29H,10-16H2,(H,26,27)/t17-,18+,24?,25?. The fourth-order valence-corrected chi connectivity index (χ4v) is 6.17. The van der Waals surface area contributed by atoms with Crippen LogP contribution in [0, 0.1) is 17.3 Å². The Labute approximate surface area is 181 Å². The number of hydrogen-bond acceptors (Lipinski definition) is 5. The fraction of sp³-hybridized carbons (Fsp3) is 0.440. The molecule has 2 unspecified atom stereocenters. The second-order valence-corrected chi connectivity index (χ2v) is 9.53. The first-order valence-corrected chi connectivity index (χ1v) is 10.9. The summed E-state index contributed by atoms with van der Waals surface area (Å²) in [6, 6.07) is 16.5. The maximum atomic E-state index is 12.9. The molecule has 6 rings (SSSR count). The van der Waals surface area contributed by atoms with Crippen molar-refractivity contribution in [2.45, 2.75) is 44.1 Å². The number of anilines is 1. The molecule has 0 radical (unpaired) electrons. The van der Waals surface area contributed by atoms with Crippen LogP contribution in [0.5, 0.6) is 11.5 Å². The van der Waals surface area contributed by atoms with E-state index in [1.807, 2.05) is 30.3 Å². The van der Waals surface area contributed by atoms with Crippen LogP contribution in [-0.2, 0) is 14.3 Å². The van der Waals surface area contributed by atoms with Crippen molar-refractivity contribution in [2.75, 3.05) is 11.9 Å². The molecule has 2 aromatic carbocycles. The zero-order valence-corrected chi connectivity index (χ0v) is 17.4. The van der Waals surface area contributed by atoms with Crippen LogP contribution in [-0.4, -0.2) is 29.2 Å². The van der Waals surface area contributed by atoms with Crippen molar-refractivity contribution < 1.29 is 24.2 Å². The molecule has 2 N–H and O–H groups in total. The normalized spacial score (nSPS) is 30.6. The lowest BCUT2D eigenvalue weighted by Gasteiger charge is -2.58. The van der Waals surface area contributed by atoms with E-state index in [-0.39, 0.29) is 18.5 Å². The van der Waals surface area contributed by atoms with Gasteiger partial charge in [-0.05, 0) is 86.8 Å². The Morgan fingerprint density at radius 2 is 1.58 bits per heavy atom. The summed E-state index contributed by atoms with van der Waals surface area (Å²) in [6.07, 6.45) is 4.70. The van der Waals surface area contributed by atoms with E-state index in [0.29, 0.717) is 29.7 Å². The molecule has 4 aliphatic carbocycles. The van der Waals surface area contributed by atoms with Crippen molar-refractivity contribution in [3.63, 3.8) is 0 Å². The number of esters is 1. The molecule has 2 aromatic rings. The van der Waals surface area contributed by atoms with Gasteiger partial charge in [0.2, 0.25) is 0 Å². The van der Waals surface area contributed by atoms with Gasteiger partial charge in [0.15, 0.2) is 6.61 Å². The highest BCUT2D eigenvalue weighted by Gasteiger charge is 2.60.